The monoisotopic (exact) mass is 319 g/mol. The van der Waals surface area contributed by atoms with E-state index in [0.29, 0.717) is 0 Å². The van der Waals surface area contributed by atoms with E-state index in [2.05, 4.69) is 5.32 Å². The van der Waals surface area contributed by atoms with E-state index >= 15 is 0 Å². The van der Waals surface area contributed by atoms with Crippen molar-refractivity contribution in [2.75, 3.05) is 5.88 Å². The van der Waals surface area contributed by atoms with E-state index in [-0.39, 0.29) is 11.4 Å². The van der Waals surface area contributed by atoms with Crippen LogP contribution in [-0.4, -0.2) is 17.3 Å². The number of nitrogens with one attached hydrogen (secondary N) is 1. The van der Waals surface area contributed by atoms with Gasteiger partial charge < -0.3 is 5.32 Å². The van der Waals surface area contributed by atoms with Crippen LogP contribution < -0.4 is 5.32 Å². The van der Waals surface area contributed by atoms with Crippen molar-refractivity contribution in [3.63, 3.8) is 0 Å². The second kappa shape index (κ2) is 6.26. The highest BCUT2D eigenvalue weighted by Crippen LogP contribution is 2.31. The number of hydrogen-bond donors (Lipinski definition) is 1. The summed E-state index contributed by atoms with van der Waals surface area (Å²) in [6.07, 6.45) is 0.108. The lowest BCUT2D eigenvalue weighted by atomic mass is 9.83. The Bertz CT molecular complexity index is 510. The molecule has 1 aliphatic rings. The topological polar surface area (TPSA) is 29.1 Å². The first kappa shape index (κ1) is 16.1. The molecular formula is C15H17ClF3NO. The summed E-state index contributed by atoms with van der Waals surface area (Å²) in [5, 5.41) is 2.84. The van der Waals surface area contributed by atoms with E-state index < -0.39 is 23.2 Å². The minimum Gasteiger partial charge on any atom is -0.345 e. The smallest absolute Gasteiger partial charge is 0.345 e. The zero-order chi connectivity index (χ0) is 15.5. The molecule has 1 saturated carbocycles. The molecule has 0 saturated heterocycles. The maximum Gasteiger partial charge on any atom is 0.416 e. The van der Waals surface area contributed by atoms with Crippen molar-refractivity contribution >= 4 is 17.5 Å². The summed E-state index contributed by atoms with van der Waals surface area (Å²) in [7, 11) is 0. The summed E-state index contributed by atoms with van der Waals surface area (Å²) in [5.41, 5.74) is -1.30. The van der Waals surface area contributed by atoms with Gasteiger partial charge in [0.25, 0.3) is 5.91 Å². The number of benzene rings is 1. The van der Waals surface area contributed by atoms with E-state index in [0.717, 1.165) is 44.2 Å². The lowest BCUT2D eigenvalue weighted by molar-refractivity contribution is -0.137. The van der Waals surface area contributed by atoms with Gasteiger partial charge in [-0.2, -0.15) is 13.2 Å². The number of halogens is 4. The molecule has 0 aliphatic heterocycles. The van der Waals surface area contributed by atoms with Gasteiger partial charge in [-0.25, -0.2) is 0 Å². The van der Waals surface area contributed by atoms with Crippen LogP contribution in [0.25, 0.3) is 0 Å². The van der Waals surface area contributed by atoms with Gasteiger partial charge in [-0.1, -0.05) is 25.3 Å². The van der Waals surface area contributed by atoms with Crippen molar-refractivity contribution in [3.05, 3.63) is 35.4 Å². The van der Waals surface area contributed by atoms with E-state index in [1.54, 1.807) is 0 Å². The maximum atomic E-state index is 12.7. The number of amides is 1. The van der Waals surface area contributed by atoms with Crippen molar-refractivity contribution in [2.24, 2.45) is 0 Å². The van der Waals surface area contributed by atoms with Gasteiger partial charge in [0.15, 0.2) is 0 Å². The molecule has 2 nitrogen and oxygen atoms in total. The van der Waals surface area contributed by atoms with Crippen LogP contribution in [0, 0.1) is 0 Å². The number of carbonyl (C=O) groups is 1. The summed E-state index contributed by atoms with van der Waals surface area (Å²) in [5.74, 6) is -0.221. The molecule has 0 unspecified atom stereocenters. The number of rotatable bonds is 3. The Labute approximate surface area is 126 Å². The fourth-order valence-electron chi connectivity index (χ4n) is 2.67. The maximum absolute atomic E-state index is 12.7. The van der Waals surface area contributed by atoms with E-state index in [1.807, 2.05) is 0 Å². The van der Waals surface area contributed by atoms with Crippen LogP contribution in [0.5, 0.6) is 0 Å². The molecular weight excluding hydrogens is 303 g/mol. The zero-order valence-corrected chi connectivity index (χ0v) is 12.2. The molecule has 1 amide bonds. The fraction of sp³-hybridized carbons (Fsp3) is 0.533. The molecule has 1 aliphatic carbocycles. The SMILES string of the molecule is O=C(NC1(CCl)CCCCC1)c1cccc(C(F)(F)F)c1. The molecule has 0 atom stereocenters. The second-order valence-corrected chi connectivity index (χ2v) is 5.77. The molecule has 0 bridgehead atoms. The molecule has 0 spiro atoms. The highest BCUT2D eigenvalue weighted by atomic mass is 35.5. The van der Waals surface area contributed by atoms with Gasteiger partial charge in [-0.05, 0) is 31.0 Å². The molecule has 6 heteroatoms. The van der Waals surface area contributed by atoms with E-state index in [4.69, 9.17) is 11.6 Å². The van der Waals surface area contributed by atoms with E-state index in [1.165, 1.54) is 12.1 Å². The predicted octanol–water partition coefficient (Wildman–Crippen LogP) is 4.38. The van der Waals surface area contributed by atoms with Crippen molar-refractivity contribution in [1.82, 2.24) is 5.32 Å². The Balaban J connectivity index is 2.16. The molecule has 1 fully saturated rings. The normalized spacial score (nSPS) is 18.3. The summed E-state index contributed by atoms with van der Waals surface area (Å²) in [6.45, 7) is 0. The summed E-state index contributed by atoms with van der Waals surface area (Å²) >= 11 is 5.98. The summed E-state index contributed by atoms with van der Waals surface area (Å²) in [4.78, 5) is 12.2. The van der Waals surface area contributed by atoms with Crippen molar-refractivity contribution in [3.8, 4) is 0 Å². The van der Waals surface area contributed by atoms with Crippen LogP contribution in [0.3, 0.4) is 0 Å². The number of alkyl halides is 4. The zero-order valence-electron chi connectivity index (χ0n) is 11.5. The van der Waals surface area contributed by atoms with Crippen LogP contribution in [0.1, 0.15) is 48.0 Å². The van der Waals surface area contributed by atoms with Crippen LogP contribution in [0.4, 0.5) is 13.2 Å². The number of carbonyl (C=O) groups excluding carboxylic acids is 1. The second-order valence-electron chi connectivity index (χ2n) is 5.51. The lowest BCUT2D eigenvalue weighted by Crippen LogP contribution is -2.51. The highest BCUT2D eigenvalue weighted by molar-refractivity contribution is 6.19. The molecule has 0 radical (unpaired) electrons. The third-order valence-electron chi connectivity index (χ3n) is 3.90. The van der Waals surface area contributed by atoms with Crippen LogP contribution in [-0.2, 0) is 6.18 Å². The highest BCUT2D eigenvalue weighted by Gasteiger charge is 2.34. The van der Waals surface area contributed by atoms with Gasteiger partial charge in [0.2, 0.25) is 0 Å². The Morgan fingerprint density at radius 3 is 2.48 bits per heavy atom. The molecule has 116 valence electrons. The van der Waals surface area contributed by atoms with Crippen molar-refractivity contribution < 1.29 is 18.0 Å². The standard InChI is InChI=1S/C15H17ClF3NO/c16-10-14(7-2-1-3-8-14)20-13(21)11-5-4-6-12(9-11)15(17,18)19/h4-6,9H,1-3,7-8,10H2,(H,20,21). The largest absolute Gasteiger partial charge is 0.416 e. The van der Waals surface area contributed by atoms with Crippen molar-refractivity contribution in [2.45, 2.75) is 43.8 Å². The molecule has 1 aromatic carbocycles. The third-order valence-corrected chi connectivity index (χ3v) is 4.41. The Morgan fingerprint density at radius 2 is 1.90 bits per heavy atom. The van der Waals surface area contributed by atoms with E-state index in [9.17, 15) is 18.0 Å². The first-order valence-electron chi connectivity index (χ1n) is 6.92. The number of hydrogen-bond acceptors (Lipinski definition) is 1. The minimum absolute atomic E-state index is 0.0138. The van der Waals surface area contributed by atoms with Crippen LogP contribution >= 0.6 is 11.6 Å². The minimum atomic E-state index is -4.45. The summed E-state index contributed by atoms with van der Waals surface area (Å²) in [6, 6.07) is 4.45. The molecule has 0 heterocycles. The van der Waals surface area contributed by atoms with Crippen LogP contribution in [0.15, 0.2) is 24.3 Å². The van der Waals surface area contributed by atoms with Gasteiger partial charge in [-0.15, -0.1) is 11.6 Å². The average Bonchev–Trinajstić information content (AvgIpc) is 2.47. The molecule has 1 aromatic rings. The quantitative estimate of drug-likeness (QED) is 0.823. The Morgan fingerprint density at radius 1 is 1.24 bits per heavy atom. The fourth-order valence-corrected chi connectivity index (χ4v) is 3.00. The van der Waals surface area contributed by atoms with Gasteiger partial charge in [0.05, 0.1) is 11.1 Å². The first-order valence-corrected chi connectivity index (χ1v) is 7.45. The molecule has 21 heavy (non-hydrogen) atoms. The van der Waals surface area contributed by atoms with Crippen LogP contribution in [0.2, 0.25) is 0 Å². The molecule has 1 N–H and O–H groups in total. The van der Waals surface area contributed by atoms with Crippen molar-refractivity contribution in [1.29, 1.82) is 0 Å². The van der Waals surface area contributed by atoms with Gasteiger partial charge in [-0.3, -0.25) is 4.79 Å². The van der Waals surface area contributed by atoms with Gasteiger partial charge >= 0.3 is 6.18 Å². The van der Waals surface area contributed by atoms with Gasteiger partial charge in [0, 0.05) is 11.4 Å². The first-order chi connectivity index (χ1) is 9.86. The molecule has 2 rings (SSSR count). The van der Waals surface area contributed by atoms with Gasteiger partial charge in [0.1, 0.15) is 0 Å². The summed E-state index contributed by atoms with van der Waals surface area (Å²) < 4.78 is 38.0. The lowest BCUT2D eigenvalue weighted by Gasteiger charge is -2.36. The average molecular weight is 320 g/mol. The molecule has 0 aromatic heterocycles. The third kappa shape index (κ3) is 3.90. The Kier molecular flexibility index (Phi) is 4.81. The predicted molar refractivity (Wildman–Crippen MR) is 75.4 cm³/mol. The Hall–Kier alpha value is -1.23.